The Balaban J connectivity index is 1.87. The molecule has 160 valence electrons. The van der Waals surface area contributed by atoms with E-state index in [1.54, 1.807) is 49.4 Å². The molecule has 7 heteroatoms. The molecule has 1 N–H and O–H groups in total. The average Bonchev–Trinajstić information content (AvgIpc) is 2.80. The second-order valence-corrected chi connectivity index (χ2v) is 7.54. The monoisotopic (exact) mass is 445 g/mol. The van der Waals surface area contributed by atoms with Gasteiger partial charge >= 0.3 is 5.97 Å². The van der Waals surface area contributed by atoms with Crippen LogP contribution >= 0.6 is 11.6 Å². The topological polar surface area (TPSA) is 81.2 Å². The number of carbonyl (C=O) groups excluding carboxylic acids is 2. The Morgan fingerprint density at radius 2 is 1.81 bits per heavy atom. The molecule has 0 bridgehead atoms. The molecular weight excluding hydrogens is 426 g/mol. The number of rotatable bonds is 6. The predicted octanol–water partition coefficient (Wildman–Crippen LogP) is 5.74. The van der Waals surface area contributed by atoms with E-state index < -0.39 is 5.97 Å². The highest BCUT2D eigenvalue weighted by Gasteiger charge is 2.20. The second-order valence-electron chi connectivity index (χ2n) is 7.10. The van der Waals surface area contributed by atoms with Gasteiger partial charge in [0.05, 0.1) is 12.3 Å². The molecule has 0 atom stereocenters. The van der Waals surface area contributed by atoms with Gasteiger partial charge in [0, 0.05) is 39.1 Å². The summed E-state index contributed by atoms with van der Waals surface area (Å²) < 4.78 is 5.22. The van der Waals surface area contributed by atoms with Crippen molar-refractivity contribution in [3.63, 3.8) is 0 Å². The van der Waals surface area contributed by atoms with Crippen LogP contribution in [0.25, 0.3) is 11.0 Å². The molecule has 2 aromatic carbocycles. The van der Waals surface area contributed by atoms with Crippen LogP contribution in [-0.4, -0.2) is 28.3 Å². The molecule has 0 radical (unpaired) electrons. The van der Waals surface area contributed by atoms with E-state index >= 15 is 0 Å². The van der Waals surface area contributed by atoms with Crippen LogP contribution in [0.1, 0.15) is 38.9 Å². The molecule has 0 aliphatic rings. The molecule has 0 amide bonds. The number of ether oxygens (including phenoxy) is 1. The van der Waals surface area contributed by atoms with Gasteiger partial charge in [0.15, 0.2) is 11.4 Å². The smallest absolute Gasteiger partial charge is 0.341 e. The van der Waals surface area contributed by atoms with Gasteiger partial charge in [0.2, 0.25) is 0 Å². The molecule has 0 spiro atoms. The second kappa shape index (κ2) is 9.16. The number of anilines is 2. The number of esters is 1. The Morgan fingerprint density at radius 3 is 2.56 bits per heavy atom. The number of aryl methyl sites for hydroxylation is 1. The Morgan fingerprint density at radius 1 is 1.03 bits per heavy atom. The summed E-state index contributed by atoms with van der Waals surface area (Å²) in [5, 5.41) is 4.32. The van der Waals surface area contributed by atoms with Gasteiger partial charge in [-0.3, -0.25) is 4.79 Å². The SMILES string of the molecule is CCOC(=O)c1cnc2nc(C)ccc2c1Nc1ccc(Cl)cc1C(=O)c1ccccc1. The van der Waals surface area contributed by atoms with E-state index in [2.05, 4.69) is 15.3 Å². The third-order valence-electron chi connectivity index (χ3n) is 4.89. The number of hydrogen-bond donors (Lipinski definition) is 1. The highest BCUT2D eigenvalue weighted by Crippen LogP contribution is 2.32. The van der Waals surface area contributed by atoms with Gasteiger partial charge in [0.1, 0.15) is 5.56 Å². The van der Waals surface area contributed by atoms with Crippen LogP contribution in [0.2, 0.25) is 5.02 Å². The zero-order chi connectivity index (χ0) is 22.7. The summed E-state index contributed by atoms with van der Waals surface area (Å²) in [7, 11) is 0. The fourth-order valence-corrected chi connectivity index (χ4v) is 3.54. The van der Waals surface area contributed by atoms with Gasteiger partial charge < -0.3 is 10.1 Å². The van der Waals surface area contributed by atoms with Crippen LogP contribution in [0.4, 0.5) is 11.4 Å². The number of nitrogens with zero attached hydrogens (tertiary/aromatic N) is 2. The summed E-state index contributed by atoms with van der Waals surface area (Å²) >= 11 is 6.21. The molecule has 4 rings (SSSR count). The van der Waals surface area contributed by atoms with Crippen LogP contribution in [0.15, 0.2) is 66.9 Å². The lowest BCUT2D eigenvalue weighted by atomic mass is 10.0. The Labute approximate surface area is 190 Å². The highest BCUT2D eigenvalue weighted by atomic mass is 35.5. The summed E-state index contributed by atoms with van der Waals surface area (Å²) in [6, 6.07) is 17.6. The third kappa shape index (κ3) is 4.31. The average molecular weight is 446 g/mol. The van der Waals surface area contributed by atoms with E-state index in [9.17, 15) is 9.59 Å². The van der Waals surface area contributed by atoms with Crippen molar-refractivity contribution in [1.29, 1.82) is 0 Å². The van der Waals surface area contributed by atoms with E-state index in [1.165, 1.54) is 6.20 Å². The minimum atomic E-state index is -0.519. The van der Waals surface area contributed by atoms with Crippen LogP contribution in [-0.2, 0) is 4.74 Å². The Hall–Kier alpha value is -3.77. The van der Waals surface area contributed by atoms with Gasteiger partial charge in [0.25, 0.3) is 0 Å². The number of halogens is 1. The van der Waals surface area contributed by atoms with Crippen molar-refractivity contribution in [2.45, 2.75) is 13.8 Å². The van der Waals surface area contributed by atoms with Crippen LogP contribution in [0.3, 0.4) is 0 Å². The summed E-state index contributed by atoms with van der Waals surface area (Å²) in [4.78, 5) is 34.7. The fraction of sp³-hybridized carbons (Fsp3) is 0.120. The molecule has 0 saturated heterocycles. The zero-order valence-electron chi connectivity index (χ0n) is 17.6. The standard InChI is InChI=1S/C25H20ClN3O3/c1-3-32-25(31)20-14-27-24-18(11-9-15(2)28-24)22(20)29-21-12-10-17(26)13-19(21)23(30)16-7-5-4-6-8-16/h4-14H,3H2,1-2H3,(H,27,28,29). The first-order valence-electron chi connectivity index (χ1n) is 10.1. The number of nitrogens with one attached hydrogen (secondary N) is 1. The quantitative estimate of drug-likeness (QED) is 0.301. The first-order chi connectivity index (χ1) is 15.5. The maximum atomic E-state index is 13.2. The highest BCUT2D eigenvalue weighted by molar-refractivity contribution is 6.31. The molecule has 2 aromatic heterocycles. The van der Waals surface area contributed by atoms with Gasteiger partial charge in [-0.2, -0.15) is 0 Å². The molecule has 0 aliphatic carbocycles. The van der Waals surface area contributed by atoms with Crippen LogP contribution in [0, 0.1) is 6.92 Å². The number of benzene rings is 2. The summed E-state index contributed by atoms with van der Waals surface area (Å²) in [5.41, 5.74) is 3.39. The zero-order valence-corrected chi connectivity index (χ0v) is 18.3. The number of fused-ring (bicyclic) bond motifs is 1. The third-order valence-corrected chi connectivity index (χ3v) is 5.12. The minimum absolute atomic E-state index is 0.194. The number of ketones is 1. The number of aromatic nitrogens is 2. The molecule has 2 heterocycles. The van der Waals surface area contributed by atoms with Crippen molar-refractivity contribution in [3.8, 4) is 0 Å². The number of pyridine rings is 2. The van der Waals surface area contributed by atoms with Crippen molar-refractivity contribution in [2.24, 2.45) is 0 Å². The van der Waals surface area contributed by atoms with Crippen LogP contribution in [0.5, 0.6) is 0 Å². The van der Waals surface area contributed by atoms with Crippen molar-refractivity contribution in [3.05, 3.63) is 94.3 Å². The maximum Gasteiger partial charge on any atom is 0.341 e. The summed E-state index contributed by atoms with van der Waals surface area (Å²) in [6.45, 7) is 3.82. The maximum absolute atomic E-state index is 13.2. The Kier molecular flexibility index (Phi) is 6.14. The van der Waals surface area contributed by atoms with E-state index in [1.807, 2.05) is 25.1 Å². The lowest BCUT2D eigenvalue weighted by molar-refractivity contribution is 0.0527. The lowest BCUT2D eigenvalue weighted by Crippen LogP contribution is -2.11. The van der Waals surface area contributed by atoms with E-state index in [0.717, 1.165) is 5.69 Å². The van der Waals surface area contributed by atoms with Gasteiger partial charge in [-0.25, -0.2) is 14.8 Å². The predicted molar refractivity (Wildman–Crippen MR) is 125 cm³/mol. The van der Waals surface area contributed by atoms with Crippen molar-refractivity contribution in [2.75, 3.05) is 11.9 Å². The molecule has 0 fully saturated rings. The van der Waals surface area contributed by atoms with Gasteiger partial charge in [-0.1, -0.05) is 41.9 Å². The fourth-order valence-electron chi connectivity index (χ4n) is 3.36. The first kappa shape index (κ1) is 21.5. The lowest BCUT2D eigenvalue weighted by Gasteiger charge is -2.16. The van der Waals surface area contributed by atoms with Crippen LogP contribution < -0.4 is 5.32 Å². The van der Waals surface area contributed by atoms with Gasteiger partial charge in [-0.15, -0.1) is 0 Å². The molecule has 4 aromatic rings. The Bertz CT molecular complexity index is 1320. The normalized spacial score (nSPS) is 10.7. The molecular formula is C25H20ClN3O3. The molecule has 0 saturated carbocycles. The van der Waals surface area contributed by atoms with E-state index in [-0.39, 0.29) is 18.0 Å². The van der Waals surface area contributed by atoms with Gasteiger partial charge in [-0.05, 0) is 44.2 Å². The van der Waals surface area contributed by atoms with Crippen molar-refractivity contribution >= 4 is 45.8 Å². The number of hydrogen-bond acceptors (Lipinski definition) is 6. The number of carbonyl (C=O) groups is 2. The van der Waals surface area contributed by atoms with E-state index in [0.29, 0.717) is 38.6 Å². The molecule has 0 unspecified atom stereocenters. The molecule has 6 nitrogen and oxygen atoms in total. The minimum Gasteiger partial charge on any atom is -0.462 e. The van der Waals surface area contributed by atoms with Crippen molar-refractivity contribution in [1.82, 2.24) is 9.97 Å². The molecule has 32 heavy (non-hydrogen) atoms. The first-order valence-corrected chi connectivity index (χ1v) is 10.5. The summed E-state index contributed by atoms with van der Waals surface area (Å²) in [5.74, 6) is -0.713. The molecule has 0 aliphatic heterocycles. The van der Waals surface area contributed by atoms with Crippen molar-refractivity contribution < 1.29 is 14.3 Å². The largest absolute Gasteiger partial charge is 0.462 e. The summed E-state index contributed by atoms with van der Waals surface area (Å²) in [6.07, 6.45) is 1.43. The van der Waals surface area contributed by atoms with E-state index in [4.69, 9.17) is 16.3 Å².